The van der Waals surface area contributed by atoms with E-state index in [0.29, 0.717) is 0 Å². The Morgan fingerprint density at radius 3 is 1.50 bits per heavy atom. The molecule has 0 radical (unpaired) electrons. The van der Waals surface area contributed by atoms with Gasteiger partial charge in [-0.1, -0.05) is 151 Å². The maximum Gasteiger partial charge on any atom is -0.00263 e. The van der Waals surface area contributed by atoms with Crippen LogP contribution in [-0.2, 0) is 12.8 Å². The Balaban J connectivity index is 1.80. The second-order valence-corrected chi connectivity index (χ2v) is 13.0. The molecular weight excluding hydrogens is 504 g/mol. The van der Waals surface area contributed by atoms with Gasteiger partial charge < -0.3 is 0 Å². The molecule has 0 aliphatic heterocycles. The maximum atomic E-state index is 2.58. The monoisotopic (exact) mass is 556 g/mol. The first-order valence-corrected chi connectivity index (χ1v) is 16.9. The normalized spacial score (nSPS) is 13.3. The van der Waals surface area contributed by atoms with Gasteiger partial charge in [0, 0.05) is 0 Å². The summed E-state index contributed by atoms with van der Waals surface area (Å²) in [6, 6.07) is 28.3. The first-order valence-electron chi connectivity index (χ1n) is 16.9. The zero-order valence-electron chi connectivity index (χ0n) is 27.2. The number of hydrogen-bond acceptors (Lipinski definition) is 0. The largest absolute Gasteiger partial charge is 0.0654 e. The molecule has 0 aliphatic carbocycles. The van der Waals surface area contributed by atoms with Gasteiger partial charge in [0.25, 0.3) is 0 Å². The van der Waals surface area contributed by atoms with Crippen LogP contribution < -0.4 is 0 Å². The molecule has 0 nitrogen and oxygen atoms in total. The Morgan fingerprint density at radius 1 is 0.524 bits per heavy atom. The number of rotatable bonds is 13. The summed E-state index contributed by atoms with van der Waals surface area (Å²) >= 11 is 0. The average Bonchev–Trinajstić information content (AvgIpc) is 3.01. The molecule has 5 aromatic carbocycles. The van der Waals surface area contributed by atoms with Gasteiger partial charge in [0.1, 0.15) is 0 Å². The van der Waals surface area contributed by atoms with Crippen molar-refractivity contribution < 1.29 is 0 Å². The van der Waals surface area contributed by atoms with E-state index in [-0.39, 0.29) is 0 Å². The van der Waals surface area contributed by atoms with Gasteiger partial charge >= 0.3 is 0 Å². The van der Waals surface area contributed by atoms with Crippen molar-refractivity contribution in [1.82, 2.24) is 0 Å². The number of aryl methyl sites for hydroxylation is 2. The molecule has 0 saturated heterocycles. The van der Waals surface area contributed by atoms with Gasteiger partial charge in [0.2, 0.25) is 0 Å². The Kier molecular flexibility index (Phi) is 10.0. The van der Waals surface area contributed by atoms with Crippen molar-refractivity contribution >= 4 is 32.3 Å². The van der Waals surface area contributed by atoms with E-state index in [4.69, 9.17) is 0 Å². The zero-order valence-corrected chi connectivity index (χ0v) is 27.2. The molecule has 0 spiro atoms. The number of fused-ring (bicyclic) bond motifs is 3. The maximum absolute atomic E-state index is 2.58. The smallest absolute Gasteiger partial charge is 0.00263 e. The number of benzene rings is 5. The predicted octanol–water partition coefficient (Wildman–Crippen LogP) is 12.9. The highest BCUT2D eigenvalue weighted by Gasteiger charge is 2.19. The highest BCUT2D eigenvalue weighted by molar-refractivity contribution is 6.15. The van der Waals surface area contributed by atoms with Gasteiger partial charge in [-0.25, -0.2) is 0 Å². The van der Waals surface area contributed by atoms with E-state index in [2.05, 4.69) is 114 Å². The molecule has 0 aromatic heterocycles. The zero-order chi connectivity index (χ0) is 29.6. The molecule has 5 aromatic rings. The van der Waals surface area contributed by atoms with E-state index in [1.807, 2.05) is 0 Å². The van der Waals surface area contributed by atoms with E-state index in [1.54, 1.807) is 11.1 Å². The van der Waals surface area contributed by atoms with E-state index in [0.717, 1.165) is 11.8 Å². The highest BCUT2D eigenvalue weighted by atomic mass is 14.2. The summed E-state index contributed by atoms with van der Waals surface area (Å²) in [7, 11) is 0. The van der Waals surface area contributed by atoms with Crippen LogP contribution in [0, 0.1) is 25.7 Å². The number of hydrogen-bond donors (Lipinski definition) is 0. The lowest BCUT2D eigenvalue weighted by Crippen LogP contribution is -2.07. The van der Waals surface area contributed by atoms with E-state index < -0.39 is 0 Å². The molecule has 0 aliphatic rings. The third-order valence-corrected chi connectivity index (χ3v) is 9.98. The highest BCUT2D eigenvalue weighted by Crippen LogP contribution is 2.42. The average molecular weight is 557 g/mol. The molecule has 0 saturated carbocycles. The van der Waals surface area contributed by atoms with Gasteiger partial charge in [-0.05, 0) is 105 Å². The summed E-state index contributed by atoms with van der Waals surface area (Å²) in [6.45, 7) is 14.0. The second kappa shape index (κ2) is 13.9. The quantitative estimate of drug-likeness (QED) is 0.127. The molecule has 2 unspecified atom stereocenters. The van der Waals surface area contributed by atoms with Crippen LogP contribution in [0.25, 0.3) is 43.4 Å². The van der Waals surface area contributed by atoms with Crippen molar-refractivity contribution in [2.24, 2.45) is 11.8 Å². The fraction of sp³-hybridized carbons (Fsp3) is 0.429. The Hall–Kier alpha value is -3.12. The van der Waals surface area contributed by atoms with Gasteiger partial charge in [0.15, 0.2) is 0 Å². The molecule has 0 heterocycles. The van der Waals surface area contributed by atoms with Crippen molar-refractivity contribution in [1.29, 1.82) is 0 Å². The van der Waals surface area contributed by atoms with Crippen LogP contribution >= 0.6 is 0 Å². The lowest BCUT2D eigenvalue weighted by atomic mass is 9.82. The molecule has 42 heavy (non-hydrogen) atoms. The van der Waals surface area contributed by atoms with Gasteiger partial charge in [-0.2, -0.15) is 0 Å². The van der Waals surface area contributed by atoms with Gasteiger partial charge in [-0.15, -0.1) is 0 Å². The standard InChI is InChI=1S/C42H52/c1-7-11-17-31(9-3)25-33-23-29(5)24-40-34(26-32(10-4)18-12-8-2)27-35(28-41(33)40)42-38-21-15-13-19-36(38)30(6)37-20-14-16-22-39(37)42/h13-16,19-24,27-28,31-32H,7-12,17-18,25-26H2,1-6H3. The Labute approximate surface area is 255 Å². The molecule has 0 amide bonds. The van der Waals surface area contributed by atoms with Crippen LogP contribution in [-0.4, -0.2) is 0 Å². The molecule has 0 bridgehead atoms. The molecule has 2 atom stereocenters. The fourth-order valence-corrected chi connectivity index (χ4v) is 7.42. The van der Waals surface area contributed by atoms with Crippen LogP contribution in [0.15, 0.2) is 72.8 Å². The van der Waals surface area contributed by atoms with Crippen LogP contribution in [0.5, 0.6) is 0 Å². The molecule has 220 valence electrons. The first-order chi connectivity index (χ1) is 20.5. The Morgan fingerprint density at radius 2 is 1.00 bits per heavy atom. The fourth-order valence-electron chi connectivity index (χ4n) is 7.42. The van der Waals surface area contributed by atoms with E-state index in [1.165, 1.54) is 119 Å². The molecule has 0 fully saturated rings. The summed E-state index contributed by atoms with van der Waals surface area (Å²) in [5.74, 6) is 1.47. The van der Waals surface area contributed by atoms with Crippen molar-refractivity contribution in [3.63, 3.8) is 0 Å². The third-order valence-electron chi connectivity index (χ3n) is 9.98. The molecule has 5 rings (SSSR count). The second-order valence-electron chi connectivity index (χ2n) is 13.0. The topological polar surface area (TPSA) is 0 Å². The van der Waals surface area contributed by atoms with E-state index in [9.17, 15) is 0 Å². The van der Waals surface area contributed by atoms with Crippen LogP contribution in [0.1, 0.15) is 101 Å². The lowest BCUT2D eigenvalue weighted by molar-refractivity contribution is 0.449. The summed E-state index contributed by atoms with van der Waals surface area (Å²) in [6.07, 6.45) is 12.7. The molecule has 0 heteroatoms. The third kappa shape index (κ3) is 6.29. The van der Waals surface area contributed by atoms with E-state index >= 15 is 0 Å². The van der Waals surface area contributed by atoms with Crippen molar-refractivity contribution in [2.75, 3.05) is 0 Å². The predicted molar refractivity (Wildman–Crippen MR) is 188 cm³/mol. The lowest BCUT2D eigenvalue weighted by Gasteiger charge is -2.22. The number of unbranched alkanes of at least 4 members (excludes halogenated alkanes) is 2. The van der Waals surface area contributed by atoms with Gasteiger partial charge in [0.05, 0.1) is 0 Å². The van der Waals surface area contributed by atoms with Gasteiger partial charge in [-0.3, -0.25) is 0 Å². The minimum Gasteiger partial charge on any atom is -0.0654 e. The van der Waals surface area contributed by atoms with Crippen LogP contribution in [0.4, 0.5) is 0 Å². The minimum atomic E-state index is 0.729. The summed E-state index contributed by atoms with van der Waals surface area (Å²) in [5.41, 5.74) is 8.69. The first kappa shape index (κ1) is 30.3. The van der Waals surface area contributed by atoms with Crippen LogP contribution in [0.2, 0.25) is 0 Å². The van der Waals surface area contributed by atoms with Crippen molar-refractivity contribution in [3.8, 4) is 11.1 Å². The summed E-state index contributed by atoms with van der Waals surface area (Å²) < 4.78 is 0. The summed E-state index contributed by atoms with van der Waals surface area (Å²) in [5, 5.41) is 8.48. The molecular formula is C42H52. The SMILES string of the molecule is CCCCC(CC)Cc1cc(-c2c3ccccc3c(C)c3ccccc23)cc2c(CC(CC)CCCC)cc(C)cc12. The van der Waals surface area contributed by atoms with Crippen molar-refractivity contribution in [3.05, 3.63) is 95.1 Å². The minimum absolute atomic E-state index is 0.729. The Bertz CT molecular complexity index is 1600. The summed E-state index contributed by atoms with van der Waals surface area (Å²) in [4.78, 5) is 0. The van der Waals surface area contributed by atoms with Crippen LogP contribution in [0.3, 0.4) is 0 Å². The molecule has 0 N–H and O–H groups in total. The van der Waals surface area contributed by atoms with Crippen molar-refractivity contribution in [2.45, 2.75) is 106 Å².